The molecule has 0 saturated heterocycles. The second-order valence-electron chi connectivity index (χ2n) is 3.95. The zero-order valence-electron chi connectivity index (χ0n) is 10.4. The van der Waals surface area contributed by atoms with E-state index in [1.807, 2.05) is 0 Å². The molecule has 0 heterocycles. The summed E-state index contributed by atoms with van der Waals surface area (Å²) in [4.78, 5) is -0.124. The van der Waals surface area contributed by atoms with Gasteiger partial charge in [-0.3, -0.25) is 0 Å². The number of nitrogens with two attached hydrogens (primary N) is 1. The predicted octanol–water partition coefficient (Wildman–Crippen LogP) is 0.825. The van der Waals surface area contributed by atoms with Gasteiger partial charge in [-0.1, -0.05) is 6.07 Å². The molecule has 0 aliphatic carbocycles. The van der Waals surface area contributed by atoms with Crippen LogP contribution in [0.25, 0.3) is 0 Å². The molecule has 19 heavy (non-hydrogen) atoms. The smallest absolute Gasteiger partial charge is 0.252 e. The number of rotatable bonds is 6. The molecule has 1 aromatic carbocycles. The molecule has 3 N–H and O–H groups in total. The van der Waals surface area contributed by atoms with Crippen LogP contribution in [0.2, 0.25) is 0 Å². The lowest BCUT2D eigenvalue weighted by atomic mass is 10.2. The van der Waals surface area contributed by atoms with Crippen LogP contribution in [0.3, 0.4) is 0 Å². The first-order valence-electron chi connectivity index (χ1n) is 5.55. The maximum atomic E-state index is 12.4. The van der Waals surface area contributed by atoms with Crippen LogP contribution in [0.5, 0.6) is 0 Å². The van der Waals surface area contributed by atoms with Gasteiger partial charge in [0.05, 0.1) is 18.0 Å². The third-order valence-electron chi connectivity index (χ3n) is 2.63. The molecule has 0 fully saturated rings. The van der Waals surface area contributed by atoms with E-state index in [1.165, 1.54) is 25.1 Å². The predicted molar refractivity (Wildman–Crippen MR) is 67.4 cm³/mol. The standard InChI is InChI=1S/C11H16F2N2O3S/c1-8-9(14)3-2-4-10(8)19(17,18)15(5-6-16)7-11(12)13/h2-4,11,16H,5-7,14H2,1H3. The molecule has 0 radical (unpaired) electrons. The highest BCUT2D eigenvalue weighted by Gasteiger charge is 2.28. The molecule has 0 atom stereocenters. The van der Waals surface area contributed by atoms with Gasteiger partial charge in [0, 0.05) is 12.2 Å². The monoisotopic (exact) mass is 294 g/mol. The van der Waals surface area contributed by atoms with Crippen LogP contribution in [-0.4, -0.2) is 44.0 Å². The van der Waals surface area contributed by atoms with E-state index in [0.29, 0.717) is 9.87 Å². The highest BCUT2D eigenvalue weighted by atomic mass is 32.2. The molecule has 0 aromatic heterocycles. The normalized spacial score (nSPS) is 12.3. The van der Waals surface area contributed by atoms with Gasteiger partial charge in [-0.25, -0.2) is 17.2 Å². The number of sulfonamides is 1. The summed E-state index contributed by atoms with van der Waals surface area (Å²) in [6.45, 7) is -0.382. The molecule has 5 nitrogen and oxygen atoms in total. The zero-order chi connectivity index (χ0) is 14.6. The number of hydrogen-bond donors (Lipinski definition) is 2. The van der Waals surface area contributed by atoms with Crippen molar-refractivity contribution >= 4 is 15.7 Å². The molecule has 8 heteroatoms. The summed E-state index contributed by atoms with van der Waals surface area (Å²) in [7, 11) is -4.10. The molecule has 108 valence electrons. The Bertz CT molecular complexity index is 535. The van der Waals surface area contributed by atoms with Crippen molar-refractivity contribution in [3.63, 3.8) is 0 Å². The van der Waals surface area contributed by atoms with E-state index in [-0.39, 0.29) is 17.1 Å². The summed E-state index contributed by atoms with van der Waals surface area (Å²) in [5, 5.41) is 8.81. The first-order chi connectivity index (χ1) is 8.80. The Morgan fingerprint density at radius 3 is 2.58 bits per heavy atom. The summed E-state index contributed by atoms with van der Waals surface area (Å²) in [6.07, 6.45) is -2.82. The average molecular weight is 294 g/mol. The van der Waals surface area contributed by atoms with Crippen molar-refractivity contribution in [3.05, 3.63) is 23.8 Å². The Kier molecular flexibility index (Phi) is 5.21. The van der Waals surface area contributed by atoms with Gasteiger partial charge < -0.3 is 10.8 Å². The van der Waals surface area contributed by atoms with Gasteiger partial charge in [0.15, 0.2) is 0 Å². The number of aliphatic hydroxyl groups excluding tert-OH is 1. The number of nitrogens with zero attached hydrogens (tertiary/aromatic N) is 1. The number of halogens is 2. The highest BCUT2D eigenvalue weighted by Crippen LogP contribution is 2.24. The fourth-order valence-electron chi connectivity index (χ4n) is 1.63. The number of alkyl halides is 2. The van der Waals surface area contributed by atoms with E-state index >= 15 is 0 Å². The third kappa shape index (κ3) is 3.62. The van der Waals surface area contributed by atoms with Crippen molar-refractivity contribution in [2.75, 3.05) is 25.4 Å². The van der Waals surface area contributed by atoms with Gasteiger partial charge in [0.1, 0.15) is 0 Å². The van der Waals surface area contributed by atoms with E-state index in [9.17, 15) is 17.2 Å². The van der Waals surface area contributed by atoms with E-state index in [2.05, 4.69) is 0 Å². The first-order valence-corrected chi connectivity index (χ1v) is 6.99. The largest absolute Gasteiger partial charge is 0.398 e. The molecule has 0 bridgehead atoms. The Balaban J connectivity index is 3.22. The van der Waals surface area contributed by atoms with Crippen LogP contribution in [0, 0.1) is 6.92 Å². The van der Waals surface area contributed by atoms with Crippen molar-refractivity contribution in [1.82, 2.24) is 4.31 Å². The molecular formula is C11H16F2N2O3S. The van der Waals surface area contributed by atoms with Gasteiger partial charge in [-0.05, 0) is 24.6 Å². The van der Waals surface area contributed by atoms with Crippen molar-refractivity contribution in [3.8, 4) is 0 Å². The number of nitrogen functional groups attached to an aromatic ring is 1. The van der Waals surface area contributed by atoms with Crippen LogP contribution >= 0.6 is 0 Å². The summed E-state index contributed by atoms with van der Waals surface area (Å²) in [5.41, 5.74) is 6.18. The summed E-state index contributed by atoms with van der Waals surface area (Å²) >= 11 is 0. The topological polar surface area (TPSA) is 83.6 Å². The SMILES string of the molecule is Cc1c(N)cccc1S(=O)(=O)N(CCO)CC(F)F. The number of anilines is 1. The average Bonchev–Trinajstić information content (AvgIpc) is 2.31. The Hall–Kier alpha value is -1.25. The molecule has 0 aliphatic rings. The molecule has 0 unspecified atom stereocenters. The minimum Gasteiger partial charge on any atom is -0.398 e. The van der Waals surface area contributed by atoms with Crippen LogP contribution in [0.4, 0.5) is 14.5 Å². The number of aliphatic hydroxyl groups is 1. The minimum absolute atomic E-state index is 0.124. The van der Waals surface area contributed by atoms with Crippen LogP contribution in [-0.2, 0) is 10.0 Å². The summed E-state index contributed by atoms with van der Waals surface area (Å²) < 4.78 is 49.9. The van der Waals surface area contributed by atoms with Crippen LogP contribution in [0.1, 0.15) is 5.56 Å². The van der Waals surface area contributed by atoms with Crippen molar-refractivity contribution in [2.24, 2.45) is 0 Å². The molecule has 1 aromatic rings. The van der Waals surface area contributed by atoms with Crippen LogP contribution < -0.4 is 5.73 Å². The van der Waals surface area contributed by atoms with E-state index in [1.54, 1.807) is 0 Å². The quantitative estimate of drug-likeness (QED) is 0.761. The Morgan fingerprint density at radius 1 is 1.42 bits per heavy atom. The van der Waals surface area contributed by atoms with Gasteiger partial charge >= 0.3 is 0 Å². The number of hydrogen-bond acceptors (Lipinski definition) is 4. The number of benzene rings is 1. The summed E-state index contributed by atoms with van der Waals surface area (Å²) in [5.74, 6) is 0. The summed E-state index contributed by atoms with van der Waals surface area (Å²) in [6, 6.07) is 4.27. The minimum atomic E-state index is -4.10. The lowest BCUT2D eigenvalue weighted by molar-refractivity contribution is 0.113. The van der Waals surface area contributed by atoms with E-state index in [0.717, 1.165) is 0 Å². The molecule has 0 aliphatic heterocycles. The lowest BCUT2D eigenvalue weighted by Gasteiger charge is -2.22. The van der Waals surface area contributed by atoms with E-state index < -0.39 is 29.6 Å². The van der Waals surface area contributed by atoms with Crippen molar-refractivity contribution in [2.45, 2.75) is 18.2 Å². The molecule has 1 rings (SSSR count). The van der Waals surface area contributed by atoms with Gasteiger partial charge in [0.2, 0.25) is 10.0 Å². The lowest BCUT2D eigenvalue weighted by Crippen LogP contribution is -2.37. The Labute approximate surface area is 110 Å². The fraction of sp³-hybridized carbons (Fsp3) is 0.455. The van der Waals surface area contributed by atoms with Gasteiger partial charge in [0.25, 0.3) is 6.43 Å². The molecule has 0 saturated carbocycles. The highest BCUT2D eigenvalue weighted by molar-refractivity contribution is 7.89. The van der Waals surface area contributed by atoms with Gasteiger partial charge in [-0.15, -0.1) is 0 Å². The van der Waals surface area contributed by atoms with Crippen molar-refractivity contribution in [1.29, 1.82) is 0 Å². The second-order valence-corrected chi connectivity index (χ2v) is 5.85. The first kappa shape index (κ1) is 15.8. The fourth-order valence-corrected chi connectivity index (χ4v) is 3.29. The van der Waals surface area contributed by atoms with Crippen LogP contribution in [0.15, 0.2) is 23.1 Å². The van der Waals surface area contributed by atoms with E-state index in [4.69, 9.17) is 10.8 Å². The maximum absolute atomic E-state index is 12.4. The Morgan fingerprint density at radius 2 is 2.05 bits per heavy atom. The molecule has 0 spiro atoms. The molecular weight excluding hydrogens is 278 g/mol. The molecule has 0 amide bonds. The zero-order valence-corrected chi connectivity index (χ0v) is 11.2. The maximum Gasteiger partial charge on any atom is 0.252 e. The third-order valence-corrected chi connectivity index (χ3v) is 4.64. The van der Waals surface area contributed by atoms with Crippen molar-refractivity contribution < 1.29 is 22.3 Å². The second kappa shape index (κ2) is 6.27. The van der Waals surface area contributed by atoms with Gasteiger partial charge in [-0.2, -0.15) is 4.31 Å².